The Morgan fingerprint density at radius 2 is 1.65 bits per heavy atom. The van der Waals surface area contributed by atoms with E-state index in [0.29, 0.717) is 5.56 Å². The van der Waals surface area contributed by atoms with Crippen LogP contribution in [0, 0.1) is 5.92 Å². The summed E-state index contributed by atoms with van der Waals surface area (Å²) in [7, 11) is 0. The lowest BCUT2D eigenvalue weighted by atomic mass is 9.83. The molecule has 1 aliphatic rings. The average molecular weight is 424 g/mol. The molecule has 2 aromatic carbocycles. The molecule has 31 heavy (non-hydrogen) atoms. The number of ether oxygens (including phenoxy) is 1. The molecule has 0 aromatic heterocycles. The van der Waals surface area contributed by atoms with Gasteiger partial charge in [-0.15, -0.1) is 0 Å². The van der Waals surface area contributed by atoms with Crippen LogP contribution in [-0.2, 0) is 19.7 Å². The van der Waals surface area contributed by atoms with E-state index in [9.17, 15) is 14.4 Å². The second-order valence-corrected chi connectivity index (χ2v) is 8.72. The van der Waals surface area contributed by atoms with Crippen LogP contribution >= 0.6 is 0 Å². The summed E-state index contributed by atoms with van der Waals surface area (Å²) >= 11 is 0. The molecule has 2 aromatic rings. The van der Waals surface area contributed by atoms with Gasteiger partial charge in [0.2, 0.25) is 5.78 Å². The zero-order chi connectivity index (χ0) is 22.6. The second-order valence-electron chi connectivity index (χ2n) is 8.72. The highest BCUT2D eigenvalue weighted by Gasteiger charge is 2.51. The number of hydrogen-bond acceptors (Lipinski definition) is 5. The molecule has 0 spiro atoms. The first-order chi connectivity index (χ1) is 14.8. The molecule has 1 amide bonds. The van der Waals surface area contributed by atoms with Gasteiger partial charge < -0.3 is 14.7 Å². The van der Waals surface area contributed by atoms with Crippen molar-refractivity contribution in [1.29, 1.82) is 0 Å². The predicted molar refractivity (Wildman–Crippen MR) is 117 cm³/mol. The number of aliphatic hydroxyl groups excluding tert-OH is 1. The van der Waals surface area contributed by atoms with Crippen molar-refractivity contribution < 1.29 is 24.2 Å². The van der Waals surface area contributed by atoms with Gasteiger partial charge in [0.15, 0.2) is 5.78 Å². The van der Waals surface area contributed by atoms with E-state index >= 15 is 0 Å². The van der Waals surface area contributed by atoms with E-state index in [1.807, 2.05) is 24.3 Å². The quantitative estimate of drug-likeness (QED) is 0.305. The fourth-order valence-corrected chi connectivity index (χ4v) is 3.89. The van der Waals surface area contributed by atoms with Crippen molar-refractivity contribution in [3.63, 3.8) is 0 Å². The lowest BCUT2D eigenvalue weighted by Gasteiger charge is -2.28. The van der Waals surface area contributed by atoms with Crippen molar-refractivity contribution in [2.75, 3.05) is 26.4 Å². The maximum absolute atomic E-state index is 13.3. The molecule has 164 valence electrons. The minimum atomic E-state index is -1.10. The standard InChI is InChI=1S/C25H29NO5/c1-25(2,3)19-11-9-17(10-12-19)21-20(22(28)18-7-5-4-6-8-18)23(29)24(30)26(21)13-15-31-16-14-27/h4-12,20-21,27H,13-16H2,1-3H3. The van der Waals surface area contributed by atoms with E-state index in [1.165, 1.54) is 4.90 Å². The fraction of sp³-hybridized carbons (Fsp3) is 0.400. The highest BCUT2D eigenvalue weighted by Crippen LogP contribution is 2.38. The van der Waals surface area contributed by atoms with Gasteiger partial charge in [-0.25, -0.2) is 0 Å². The lowest BCUT2D eigenvalue weighted by Crippen LogP contribution is -2.34. The fourth-order valence-electron chi connectivity index (χ4n) is 3.89. The third-order valence-electron chi connectivity index (χ3n) is 5.58. The van der Waals surface area contributed by atoms with E-state index in [1.54, 1.807) is 30.3 Å². The topological polar surface area (TPSA) is 83.9 Å². The third kappa shape index (κ3) is 4.92. The van der Waals surface area contributed by atoms with Crippen LogP contribution in [0.1, 0.15) is 48.3 Å². The number of carbonyl (C=O) groups is 3. The number of nitrogens with zero attached hydrogens (tertiary/aromatic N) is 1. The summed E-state index contributed by atoms with van der Waals surface area (Å²) in [5, 5.41) is 8.91. The lowest BCUT2D eigenvalue weighted by molar-refractivity contribution is -0.141. The summed E-state index contributed by atoms with van der Waals surface area (Å²) in [6.45, 7) is 6.68. The highest BCUT2D eigenvalue weighted by atomic mass is 16.5. The number of Topliss-reactive ketones (excluding diaryl/α,β-unsaturated/α-hetero) is 2. The number of amides is 1. The number of aliphatic hydroxyl groups is 1. The summed E-state index contributed by atoms with van der Waals surface area (Å²) in [6, 6.07) is 15.6. The van der Waals surface area contributed by atoms with Crippen LogP contribution in [0.2, 0.25) is 0 Å². The van der Waals surface area contributed by atoms with Gasteiger partial charge in [0.1, 0.15) is 5.92 Å². The van der Waals surface area contributed by atoms with Crippen molar-refractivity contribution in [2.24, 2.45) is 5.92 Å². The van der Waals surface area contributed by atoms with Gasteiger partial charge in [-0.1, -0.05) is 75.4 Å². The average Bonchev–Trinajstić information content (AvgIpc) is 3.01. The Balaban J connectivity index is 1.98. The normalized spacial score (nSPS) is 19.2. The summed E-state index contributed by atoms with van der Waals surface area (Å²) in [5.74, 6) is -2.83. The molecule has 3 rings (SSSR count). The number of benzene rings is 2. The summed E-state index contributed by atoms with van der Waals surface area (Å²) < 4.78 is 5.32. The van der Waals surface area contributed by atoms with Crippen LogP contribution in [0.4, 0.5) is 0 Å². The van der Waals surface area contributed by atoms with E-state index in [4.69, 9.17) is 9.84 Å². The van der Waals surface area contributed by atoms with Gasteiger partial charge in [-0.2, -0.15) is 0 Å². The van der Waals surface area contributed by atoms with Crippen LogP contribution < -0.4 is 0 Å². The Morgan fingerprint density at radius 3 is 2.23 bits per heavy atom. The molecule has 0 saturated carbocycles. The summed E-state index contributed by atoms with van der Waals surface area (Å²) in [4.78, 5) is 40.5. The molecular weight excluding hydrogens is 394 g/mol. The highest BCUT2D eigenvalue weighted by molar-refractivity contribution is 6.44. The third-order valence-corrected chi connectivity index (χ3v) is 5.58. The van der Waals surface area contributed by atoms with Crippen molar-refractivity contribution in [1.82, 2.24) is 4.90 Å². The van der Waals surface area contributed by atoms with Crippen LogP contribution in [0.5, 0.6) is 0 Å². The zero-order valence-electron chi connectivity index (χ0n) is 18.2. The molecule has 1 heterocycles. The van der Waals surface area contributed by atoms with Crippen LogP contribution in [0.25, 0.3) is 0 Å². The van der Waals surface area contributed by atoms with Crippen molar-refractivity contribution in [2.45, 2.75) is 32.2 Å². The van der Waals surface area contributed by atoms with Gasteiger partial charge in [0.05, 0.1) is 25.9 Å². The minimum Gasteiger partial charge on any atom is -0.394 e. The molecule has 6 nitrogen and oxygen atoms in total. The Bertz CT molecular complexity index is 931. The first-order valence-corrected chi connectivity index (χ1v) is 10.5. The Hall–Kier alpha value is -2.83. The van der Waals surface area contributed by atoms with Gasteiger partial charge >= 0.3 is 0 Å². The number of rotatable bonds is 8. The maximum atomic E-state index is 13.3. The molecular formula is C25H29NO5. The van der Waals surface area contributed by atoms with E-state index in [0.717, 1.165) is 11.1 Å². The zero-order valence-corrected chi connectivity index (χ0v) is 18.2. The number of likely N-dealkylation sites (tertiary alicyclic amines) is 1. The number of hydrogen-bond donors (Lipinski definition) is 1. The first kappa shape index (κ1) is 22.8. The predicted octanol–water partition coefficient (Wildman–Crippen LogP) is 2.94. The Labute approximate surface area is 182 Å². The summed E-state index contributed by atoms with van der Waals surface area (Å²) in [6.07, 6.45) is 0. The number of ketones is 2. The smallest absolute Gasteiger partial charge is 0.291 e. The van der Waals surface area contributed by atoms with E-state index in [-0.39, 0.29) is 37.6 Å². The van der Waals surface area contributed by atoms with Gasteiger partial charge in [0, 0.05) is 12.1 Å². The van der Waals surface area contributed by atoms with Crippen LogP contribution in [-0.4, -0.2) is 53.8 Å². The Kier molecular flexibility index (Phi) is 7.03. The molecule has 1 saturated heterocycles. The second kappa shape index (κ2) is 9.54. The minimum absolute atomic E-state index is 0.0447. The van der Waals surface area contributed by atoms with Gasteiger partial charge in [-0.3, -0.25) is 14.4 Å². The van der Waals surface area contributed by atoms with Crippen LogP contribution in [0.15, 0.2) is 54.6 Å². The van der Waals surface area contributed by atoms with Crippen molar-refractivity contribution in [3.05, 3.63) is 71.3 Å². The van der Waals surface area contributed by atoms with Gasteiger partial charge in [-0.05, 0) is 16.5 Å². The largest absolute Gasteiger partial charge is 0.394 e. The van der Waals surface area contributed by atoms with Gasteiger partial charge in [0.25, 0.3) is 5.91 Å². The first-order valence-electron chi connectivity index (χ1n) is 10.5. The van der Waals surface area contributed by atoms with E-state index < -0.39 is 23.7 Å². The molecule has 2 unspecified atom stereocenters. The van der Waals surface area contributed by atoms with Crippen LogP contribution in [0.3, 0.4) is 0 Å². The molecule has 6 heteroatoms. The molecule has 1 fully saturated rings. The SMILES string of the molecule is CC(C)(C)c1ccc(C2C(C(=O)c3ccccc3)C(=O)C(=O)N2CCOCCO)cc1. The summed E-state index contributed by atoms with van der Waals surface area (Å²) in [5.41, 5.74) is 2.22. The maximum Gasteiger partial charge on any atom is 0.291 e. The molecule has 1 N–H and O–H groups in total. The monoisotopic (exact) mass is 423 g/mol. The molecule has 0 aliphatic carbocycles. The van der Waals surface area contributed by atoms with Crippen molar-refractivity contribution >= 4 is 17.5 Å². The van der Waals surface area contributed by atoms with E-state index in [2.05, 4.69) is 20.8 Å². The Morgan fingerprint density at radius 1 is 1.00 bits per heavy atom. The molecule has 1 aliphatic heterocycles. The number of carbonyl (C=O) groups excluding carboxylic acids is 3. The van der Waals surface area contributed by atoms with Crippen molar-refractivity contribution in [3.8, 4) is 0 Å². The molecule has 0 bridgehead atoms. The molecule has 2 atom stereocenters. The molecule has 0 radical (unpaired) electrons.